The third-order valence-corrected chi connectivity index (χ3v) is 4.01. The summed E-state index contributed by atoms with van der Waals surface area (Å²) in [6.45, 7) is -0.456. The highest BCUT2D eigenvalue weighted by molar-refractivity contribution is 5.93. The number of non-ortho nitro benzene ring substituents is 1. The van der Waals surface area contributed by atoms with Gasteiger partial charge in [0.2, 0.25) is 5.91 Å². The predicted octanol–water partition coefficient (Wildman–Crippen LogP) is 1.86. The Bertz CT molecular complexity index is 1200. The molecule has 0 unspecified atom stereocenters. The number of nitrogens with one attached hydrogen (secondary N) is 1. The highest BCUT2D eigenvalue weighted by Crippen LogP contribution is 2.28. The van der Waals surface area contributed by atoms with Crippen LogP contribution in [0, 0.1) is 20.2 Å². The van der Waals surface area contributed by atoms with E-state index in [1.165, 1.54) is 25.3 Å². The fourth-order valence-corrected chi connectivity index (χ4v) is 2.61. The Hall–Kier alpha value is -4.35. The Morgan fingerprint density at radius 2 is 1.93 bits per heavy atom. The molecule has 0 aliphatic rings. The minimum Gasteiger partial charge on any atom is -0.496 e. The number of anilines is 1. The smallest absolute Gasteiger partial charge is 0.296 e. The molecule has 0 atom stereocenters. The standard InChI is InChI=1S/C17H13N5O7/c1-29-11-3-5-13(15(7-11)22(27)28)19-16(23)8-20-9-18-14-6-10(21(25)26)2-4-12(14)17(20)24/h2-7,9H,8H2,1H3,(H,19,23). The van der Waals surface area contributed by atoms with Crippen LogP contribution in [0.25, 0.3) is 10.9 Å². The van der Waals surface area contributed by atoms with E-state index in [1.54, 1.807) is 0 Å². The number of nitro groups is 2. The second-order valence-electron chi connectivity index (χ2n) is 5.82. The Balaban J connectivity index is 1.86. The number of ether oxygens (including phenoxy) is 1. The van der Waals surface area contributed by atoms with Crippen molar-refractivity contribution in [2.45, 2.75) is 6.54 Å². The molecule has 3 rings (SSSR count). The zero-order valence-electron chi connectivity index (χ0n) is 14.9. The highest BCUT2D eigenvalue weighted by atomic mass is 16.6. The lowest BCUT2D eigenvalue weighted by Crippen LogP contribution is -2.28. The molecule has 2 aromatic carbocycles. The van der Waals surface area contributed by atoms with Crippen LogP contribution in [0.15, 0.2) is 47.5 Å². The molecule has 0 radical (unpaired) electrons. The van der Waals surface area contributed by atoms with Crippen molar-refractivity contribution in [3.05, 3.63) is 73.3 Å². The number of nitrogens with zero attached hydrogens (tertiary/aromatic N) is 4. The summed E-state index contributed by atoms with van der Waals surface area (Å²) in [5.74, 6) is -0.442. The Kier molecular flexibility index (Phi) is 5.17. The van der Waals surface area contributed by atoms with Gasteiger partial charge in [0.05, 0.1) is 40.3 Å². The third kappa shape index (κ3) is 4.00. The predicted molar refractivity (Wildman–Crippen MR) is 101 cm³/mol. The summed E-state index contributed by atoms with van der Waals surface area (Å²) >= 11 is 0. The van der Waals surface area contributed by atoms with Gasteiger partial charge in [-0.1, -0.05) is 0 Å². The fourth-order valence-electron chi connectivity index (χ4n) is 2.61. The number of hydrogen-bond donors (Lipinski definition) is 1. The van der Waals surface area contributed by atoms with Crippen molar-refractivity contribution in [1.82, 2.24) is 9.55 Å². The van der Waals surface area contributed by atoms with E-state index in [1.807, 2.05) is 0 Å². The number of methoxy groups -OCH3 is 1. The lowest BCUT2D eigenvalue weighted by atomic mass is 10.2. The number of amides is 1. The van der Waals surface area contributed by atoms with Gasteiger partial charge in [0.25, 0.3) is 16.9 Å². The van der Waals surface area contributed by atoms with Crippen molar-refractivity contribution in [2.75, 3.05) is 12.4 Å². The van der Waals surface area contributed by atoms with Gasteiger partial charge in [0.1, 0.15) is 18.0 Å². The summed E-state index contributed by atoms with van der Waals surface area (Å²) in [7, 11) is 1.35. The summed E-state index contributed by atoms with van der Waals surface area (Å²) in [6.07, 6.45) is 1.08. The van der Waals surface area contributed by atoms with Gasteiger partial charge in [-0.3, -0.25) is 34.4 Å². The van der Waals surface area contributed by atoms with E-state index >= 15 is 0 Å². The molecule has 0 bridgehead atoms. The number of fused-ring (bicyclic) bond motifs is 1. The van der Waals surface area contributed by atoms with Crippen LogP contribution in [-0.2, 0) is 11.3 Å². The van der Waals surface area contributed by atoms with Gasteiger partial charge in [0.15, 0.2) is 0 Å². The van der Waals surface area contributed by atoms with Gasteiger partial charge in [-0.05, 0) is 18.2 Å². The molecule has 0 aliphatic carbocycles. The van der Waals surface area contributed by atoms with Crippen molar-refractivity contribution in [2.24, 2.45) is 0 Å². The summed E-state index contributed by atoms with van der Waals surface area (Å²) in [5.41, 5.74) is -1.10. The molecule has 0 saturated heterocycles. The van der Waals surface area contributed by atoms with E-state index in [0.29, 0.717) is 0 Å². The minimum atomic E-state index is -0.691. The molecule has 0 saturated carbocycles. The van der Waals surface area contributed by atoms with Crippen LogP contribution < -0.4 is 15.6 Å². The van der Waals surface area contributed by atoms with Gasteiger partial charge >= 0.3 is 0 Å². The largest absolute Gasteiger partial charge is 0.496 e. The summed E-state index contributed by atoms with van der Waals surface area (Å²) in [5, 5.41) is 24.5. The van der Waals surface area contributed by atoms with Crippen LogP contribution in [0.4, 0.5) is 17.1 Å². The highest BCUT2D eigenvalue weighted by Gasteiger charge is 2.18. The maximum absolute atomic E-state index is 12.5. The number of benzene rings is 2. The molecule has 1 heterocycles. The van der Waals surface area contributed by atoms with Gasteiger partial charge in [-0.15, -0.1) is 0 Å². The van der Waals surface area contributed by atoms with E-state index in [-0.39, 0.29) is 33.7 Å². The Morgan fingerprint density at radius 3 is 2.59 bits per heavy atom. The minimum absolute atomic E-state index is 0.0572. The molecule has 3 aromatic rings. The summed E-state index contributed by atoms with van der Waals surface area (Å²) in [6, 6.07) is 7.49. The number of rotatable bonds is 6. The molecule has 1 amide bonds. The van der Waals surface area contributed by atoms with E-state index in [4.69, 9.17) is 4.74 Å². The average molecular weight is 399 g/mol. The third-order valence-electron chi connectivity index (χ3n) is 4.01. The SMILES string of the molecule is COc1ccc(NC(=O)Cn2cnc3cc([N+](=O)[O-])ccc3c2=O)c([N+](=O)[O-])c1. The summed E-state index contributed by atoms with van der Waals surface area (Å²) in [4.78, 5) is 49.5. The van der Waals surface area contributed by atoms with Crippen LogP contribution in [-0.4, -0.2) is 32.4 Å². The van der Waals surface area contributed by atoms with Crippen LogP contribution in [0.1, 0.15) is 0 Å². The maximum atomic E-state index is 12.5. The van der Waals surface area contributed by atoms with Gasteiger partial charge in [-0.2, -0.15) is 0 Å². The second kappa shape index (κ2) is 7.72. The molecular formula is C17H13N5O7. The normalized spacial score (nSPS) is 10.5. The van der Waals surface area contributed by atoms with E-state index in [2.05, 4.69) is 10.3 Å². The van der Waals surface area contributed by atoms with Gasteiger partial charge in [-0.25, -0.2) is 4.98 Å². The molecule has 0 aliphatic heterocycles. The first-order valence-electron chi connectivity index (χ1n) is 8.06. The zero-order chi connectivity index (χ0) is 21.1. The number of nitro benzene ring substituents is 2. The van der Waals surface area contributed by atoms with Crippen molar-refractivity contribution in [1.29, 1.82) is 0 Å². The monoisotopic (exact) mass is 399 g/mol. The molecule has 12 nitrogen and oxygen atoms in total. The van der Waals surface area contributed by atoms with E-state index < -0.39 is 27.9 Å². The Morgan fingerprint density at radius 1 is 1.17 bits per heavy atom. The van der Waals surface area contributed by atoms with Crippen LogP contribution in [0.5, 0.6) is 5.75 Å². The summed E-state index contributed by atoms with van der Waals surface area (Å²) < 4.78 is 5.93. The van der Waals surface area contributed by atoms with E-state index in [0.717, 1.165) is 29.1 Å². The molecule has 1 N–H and O–H groups in total. The first kappa shape index (κ1) is 19.4. The van der Waals surface area contributed by atoms with Crippen molar-refractivity contribution < 1.29 is 19.4 Å². The lowest BCUT2D eigenvalue weighted by Gasteiger charge is -2.09. The van der Waals surface area contributed by atoms with Gasteiger partial charge < -0.3 is 10.1 Å². The molecule has 29 heavy (non-hydrogen) atoms. The molecule has 0 spiro atoms. The number of carbonyl (C=O) groups is 1. The second-order valence-corrected chi connectivity index (χ2v) is 5.82. The van der Waals surface area contributed by atoms with Crippen molar-refractivity contribution in [3.8, 4) is 5.75 Å². The van der Waals surface area contributed by atoms with Gasteiger partial charge in [0, 0.05) is 12.1 Å². The maximum Gasteiger partial charge on any atom is 0.296 e. The number of carbonyl (C=O) groups excluding carboxylic acids is 1. The molecule has 1 aromatic heterocycles. The van der Waals surface area contributed by atoms with Crippen LogP contribution >= 0.6 is 0 Å². The molecule has 148 valence electrons. The topological polar surface area (TPSA) is 160 Å². The first-order valence-corrected chi connectivity index (χ1v) is 8.06. The fraction of sp³-hybridized carbons (Fsp3) is 0.118. The quantitative estimate of drug-likeness (QED) is 0.485. The molecule has 0 fully saturated rings. The average Bonchev–Trinajstić information content (AvgIpc) is 2.69. The lowest BCUT2D eigenvalue weighted by molar-refractivity contribution is -0.384. The number of aromatic nitrogens is 2. The van der Waals surface area contributed by atoms with E-state index in [9.17, 15) is 29.8 Å². The Labute approximate surface area is 161 Å². The van der Waals surface area contributed by atoms with Crippen molar-refractivity contribution in [3.63, 3.8) is 0 Å². The zero-order valence-corrected chi connectivity index (χ0v) is 14.9. The number of hydrogen-bond acceptors (Lipinski definition) is 8. The van der Waals surface area contributed by atoms with Crippen LogP contribution in [0.2, 0.25) is 0 Å². The van der Waals surface area contributed by atoms with Crippen LogP contribution in [0.3, 0.4) is 0 Å². The molecule has 12 heteroatoms. The molecular weight excluding hydrogens is 386 g/mol. The first-order chi connectivity index (χ1) is 13.8. The van der Waals surface area contributed by atoms with Crippen molar-refractivity contribution >= 4 is 33.9 Å².